The average Bonchev–Trinajstić information content (AvgIpc) is 3.15. The minimum absolute atomic E-state index is 0.0750. The molecule has 1 aromatic carbocycles. The molecule has 0 bridgehead atoms. The zero-order chi connectivity index (χ0) is 19.8. The van der Waals surface area contributed by atoms with Crippen LogP contribution in [0, 0.1) is 5.92 Å². The van der Waals surface area contributed by atoms with Crippen molar-refractivity contribution < 1.29 is 18.5 Å². The number of carbonyl (C=O) groups excluding carboxylic acids is 2. The highest BCUT2D eigenvalue weighted by atomic mass is 16.5. The zero-order valence-corrected chi connectivity index (χ0v) is 15.9. The summed E-state index contributed by atoms with van der Waals surface area (Å²) in [5.74, 6) is 1.38. The van der Waals surface area contributed by atoms with Gasteiger partial charge in [0.15, 0.2) is 11.5 Å². The number of carbonyl (C=O) groups is 2. The van der Waals surface area contributed by atoms with Gasteiger partial charge in [-0.1, -0.05) is 35.5 Å². The van der Waals surface area contributed by atoms with Crippen LogP contribution >= 0.6 is 0 Å². The van der Waals surface area contributed by atoms with Crippen molar-refractivity contribution in [3.05, 3.63) is 66.1 Å². The van der Waals surface area contributed by atoms with E-state index in [0.29, 0.717) is 43.6 Å². The van der Waals surface area contributed by atoms with Gasteiger partial charge in [-0.15, -0.1) is 0 Å². The van der Waals surface area contributed by atoms with Gasteiger partial charge < -0.3 is 18.7 Å². The SMILES string of the molecule is O=C(c1cc(-c2ccco2)on1)N1CCN(C(=O)[C@@H]2C[C@H]2c2ccccc2)CC1. The highest BCUT2D eigenvalue weighted by molar-refractivity contribution is 5.93. The Hall–Kier alpha value is -3.35. The van der Waals surface area contributed by atoms with Crippen LogP contribution in [0.3, 0.4) is 0 Å². The molecule has 1 saturated carbocycles. The van der Waals surface area contributed by atoms with Crippen molar-refractivity contribution in [3.8, 4) is 11.5 Å². The molecule has 2 fully saturated rings. The van der Waals surface area contributed by atoms with Crippen LogP contribution in [0.5, 0.6) is 0 Å². The van der Waals surface area contributed by atoms with Crippen LogP contribution in [0.15, 0.2) is 63.7 Å². The molecule has 0 spiro atoms. The molecule has 29 heavy (non-hydrogen) atoms. The first kappa shape index (κ1) is 17.7. The predicted molar refractivity (Wildman–Crippen MR) is 104 cm³/mol. The van der Waals surface area contributed by atoms with Crippen LogP contribution in [0.2, 0.25) is 0 Å². The lowest BCUT2D eigenvalue weighted by molar-refractivity contribution is -0.134. The van der Waals surface area contributed by atoms with Gasteiger partial charge >= 0.3 is 0 Å². The fourth-order valence-corrected chi connectivity index (χ4v) is 3.97. The number of furan rings is 1. The summed E-state index contributed by atoms with van der Waals surface area (Å²) in [7, 11) is 0. The summed E-state index contributed by atoms with van der Waals surface area (Å²) in [6, 6.07) is 15.3. The molecule has 2 aromatic heterocycles. The van der Waals surface area contributed by atoms with E-state index in [2.05, 4.69) is 17.3 Å². The molecule has 3 aromatic rings. The molecule has 2 amide bonds. The third kappa shape index (κ3) is 3.44. The lowest BCUT2D eigenvalue weighted by Gasteiger charge is -2.34. The van der Waals surface area contributed by atoms with Crippen LogP contribution in [-0.2, 0) is 4.79 Å². The minimum atomic E-state index is -0.188. The quantitative estimate of drug-likeness (QED) is 0.683. The number of hydrogen-bond donors (Lipinski definition) is 0. The van der Waals surface area contributed by atoms with Gasteiger partial charge in [0.25, 0.3) is 5.91 Å². The molecule has 7 heteroatoms. The van der Waals surface area contributed by atoms with Gasteiger partial charge in [0, 0.05) is 38.2 Å². The van der Waals surface area contributed by atoms with Gasteiger partial charge in [-0.25, -0.2) is 0 Å². The Bertz CT molecular complexity index is 1000. The fraction of sp³-hybridized carbons (Fsp3) is 0.318. The van der Waals surface area contributed by atoms with E-state index in [9.17, 15) is 9.59 Å². The van der Waals surface area contributed by atoms with E-state index in [-0.39, 0.29) is 23.4 Å². The number of aromatic nitrogens is 1. The number of rotatable bonds is 4. The molecular formula is C22H21N3O4. The molecule has 5 rings (SSSR count). The number of nitrogens with zero attached hydrogens (tertiary/aromatic N) is 3. The molecule has 1 aliphatic carbocycles. The first-order valence-corrected chi connectivity index (χ1v) is 9.84. The Morgan fingerprint density at radius 3 is 2.41 bits per heavy atom. The maximum Gasteiger partial charge on any atom is 0.276 e. The molecule has 1 saturated heterocycles. The van der Waals surface area contributed by atoms with Crippen LogP contribution in [0.4, 0.5) is 0 Å². The molecule has 3 heterocycles. The lowest BCUT2D eigenvalue weighted by atomic mass is 10.1. The Labute approximate surface area is 167 Å². The predicted octanol–water partition coefficient (Wildman–Crippen LogP) is 3.02. The lowest BCUT2D eigenvalue weighted by Crippen LogP contribution is -2.51. The number of hydrogen-bond acceptors (Lipinski definition) is 5. The number of benzene rings is 1. The van der Waals surface area contributed by atoms with Gasteiger partial charge in [0.1, 0.15) is 0 Å². The average molecular weight is 391 g/mol. The molecule has 0 N–H and O–H groups in total. The molecule has 2 atom stereocenters. The second-order valence-corrected chi connectivity index (χ2v) is 7.53. The van der Waals surface area contributed by atoms with Crippen molar-refractivity contribution in [1.29, 1.82) is 0 Å². The van der Waals surface area contributed by atoms with Crippen LogP contribution in [0.1, 0.15) is 28.4 Å². The second-order valence-electron chi connectivity index (χ2n) is 7.53. The van der Waals surface area contributed by atoms with Gasteiger partial charge in [-0.05, 0) is 30.0 Å². The van der Waals surface area contributed by atoms with Gasteiger partial charge in [0.2, 0.25) is 11.7 Å². The standard InChI is InChI=1S/C22H21N3O4/c26-21(17-13-16(17)15-5-2-1-3-6-15)24-8-10-25(11-9-24)22(27)18-14-20(29-23-18)19-7-4-12-28-19/h1-7,12,14,16-17H,8-11,13H2/t16-,17+/m0/s1. The number of amides is 2. The van der Waals surface area contributed by atoms with E-state index in [0.717, 1.165) is 6.42 Å². The van der Waals surface area contributed by atoms with Gasteiger partial charge in [-0.2, -0.15) is 0 Å². The highest BCUT2D eigenvalue weighted by Crippen LogP contribution is 2.48. The summed E-state index contributed by atoms with van der Waals surface area (Å²) >= 11 is 0. The zero-order valence-electron chi connectivity index (χ0n) is 15.9. The van der Waals surface area contributed by atoms with E-state index in [1.54, 1.807) is 23.1 Å². The van der Waals surface area contributed by atoms with E-state index in [4.69, 9.17) is 8.94 Å². The fourth-order valence-electron chi connectivity index (χ4n) is 3.97. The molecule has 0 radical (unpaired) electrons. The summed E-state index contributed by atoms with van der Waals surface area (Å²) in [6.45, 7) is 2.09. The Morgan fingerprint density at radius 1 is 0.931 bits per heavy atom. The molecule has 7 nitrogen and oxygen atoms in total. The third-order valence-corrected chi connectivity index (χ3v) is 5.71. The van der Waals surface area contributed by atoms with E-state index >= 15 is 0 Å². The minimum Gasteiger partial charge on any atom is -0.461 e. The van der Waals surface area contributed by atoms with Crippen LogP contribution in [-0.4, -0.2) is 52.9 Å². The van der Waals surface area contributed by atoms with Crippen molar-refractivity contribution in [2.24, 2.45) is 5.92 Å². The Kier molecular flexibility index (Phi) is 4.42. The summed E-state index contributed by atoms with van der Waals surface area (Å²) in [5, 5.41) is 3.88. The van der Waals surface area contributed by atoms with E-state index in [1.165, 1.54) is 11.8 Å². The summed E-state index contributed by atoms with van der Waals surface area (Å²) in [4.78, 5) is 29.1. The normalized spacial score (nSPS) is 21.2. The monoisotopic (exact) mass is 391 g/mol. The molecule has 1 aliphatic heterocycles. The summed E-state index contributed by atoms with van der Waals surface area (Å²) < 4.78 is 10.5. The molecular weight excluding hydrogens is 370 g/mol. The second kappa shape index (κ2) is 7.24. The molecule has 0 unspecified atom stereocenters. The first-order chi connectivity index (χ1) is 14.2. The summed E-state index contributed by atoms with van der Waals surface area (Å²) in [6.07, 6.45) is 2.45. The van der Waals surface area contributed by atoms with E-state index in [1.807, 2.05) is 23.1 Å². The topological polar surface area (TPSA) is 79.8 Å². The highest BCUT2D eigenvalue weighted by Gasteiger charge is 2.46. The summed E-state index contributed by atoms with van der Waals surface area (Å²) in [5.41, 5.74) is 1.49. The number of piperazine rings is 1. The first-order valence-electron chi connectivity index (χ1n) is 9.84. The van der Waals surface area contributed by atoms with E-state index < -0.39 is 0 Å². The van der Waals surface area contributed by atoms with Crippen LogP contribution < -0.4 is 0 Å². The largest absolute Gasteiger partial charge is 0.461 e. The third-order valence-electron chi connectivity index (χ3n) is 5.71. The Balaban J connectivity index is 1.17. The Morgan fingerprint density at radius 2 is 1.69 bits per heavy atom. The molecule has 148 valence electrons. The van der Waals surface area contributed by atoms with Gasteiger partial charge in [0.05, 0.1) is 6.26 Å². The van der Waals surface area contributed by atoms with Crippen molar-refractivity contribution in [3.63, 3.8) is 0 Å². The smallest absolute Gasteiger partial charge is 0.276 e. The van der Waals surface area contributed by atoms with Crippen molar-refractivity contribution in [1.82, 2.24) is 15.0 Å². The van der Waals surface area contributed by atoms with Crippen molar-refractivity contribution in [2.45, 2.75) is 12.3 Å². The van der Waals surface area contributed by atoms with Crippen molar-refractivity contribution >= 4 is 11.8 Å². The van der Waals surface area contributed by atoms with Gasteiger partial charge in [-0.3, -0.25) is 9.59 Å². The van der Waals surface area contributed by atoms with Crippen molar-refractivity contribution in [2.75, 3.05) is 26.2 Å². The van der Waals surface area contributed by atoms with Crippen LogP contribution in [0.25, 0.3) is 11.5 Å². The molecule has 2 aliphatic rings. The maximum atomic E-state index is 12.8. The maximum absolute atomic E-state index is 12.8.